The van der Waals surface area contributed by atoms with Crippen molar-refractivity contribution < 1.29 is 9.13 Å². The van der Waals surface area contributed by atoms with E-state index in [2.05, 4.69) is 27.4 Å². The third-order valence-electron chi connectivity index (χ3n) is 3.91. The van der Waals surface area contributed by atoms with E-state index in [-0.39, 0.29) is 28.0 Å². The Morgan fingerprint density at radius 1 is 1.38 bits per heavy atom. The molecule has 0 radical (unpaired) electrons. The van der Waals surface area contributed by atoms with Crippen LogP contribution >= 0.6 is 0 Å². The number of ether oxygens (including phenoxy) is 1. The van der Waals surface area contributed by atoms with Crippen LogP contribution in [-0.2, 0) is 0 Å². The van der Waals surface area contributed by atoms with Gasteiger partial charge in [0.2, 0.25) is 0 Å². The zero-order valence-corrected chi connectivity index (χ0v) is 14.3. The molecule has 8 heteroatoms. The Labute approximate surface area is 148 Å². The lowest BCUT2D eigenvalue weighted by molar-refractivity contribution is 0.418. The lowest BCUT2D eigenvalue weighted by Gasteiger charge is -2.17. The molecule has 0 saturated heterocycles. The molecule has 0 saturated carbocycles. The molecule has 0 aliphatic rings. The molecule has 0 bridgehead atoms. The van der Waals surface area contributed by atoms with Gasteiger partial charge in [-0.05, 0) is 24.6 Å². The largest absolute Gasteiger partial charge is 0.492 e. The number of hydrogen-bond acceptors (Lipinski definition) is 6. The Kier molecular flexibility index (Phi) is 4.49. The number of H-pyrrole nitrogens is 1. The number of fused-ring (bicyclic) bond motifs is 1. The highest BCUT2D eigenvalue weighted by Crippen LogP contribution is 2.38. The van der Waals surface area contributed by atoms with Gasteiger partial charge >= 0.3 is 0 Å². The number of nitrogens with one attached hydrogen (secondary N) is 3. The molecule has 0 amide bonds. The molecule has 2 aromatic heterocycles. The second-order valence-corrected chi connectivity index (χ2v) is 5.66. The molecular weight excluding hydrogens is 337 g/mol. The van der Waals surface area contributed by atoms with Gasteiger partial charge in [-0.25, -0.2) is 9.37 Å². The molecule has 26 heavy (non-hydrogen) atoms. The van der Waals surface area contributed by atoms with E-state index < -0.39 is 11.2 Å². The van der Waals surface area contributed by atoms with E-state index in [0.717, 1.165) is 0 Å². The van der Waals surface area contributed by atoms with Crippen molar-refractivity contribution in [1.82, 2.24) is 9.97 Å². The maximum Gasteiger partial charge on any atom is 0.199 e. The Balaban J connectivity index is 2.18. The number of nitrogens with zero attached hydrogens (tertiary/aromatic N) is 1. The number of allylic oxidation sites excluding steroid dienone is 1. The number of rotatable bonds is 5. The summed E-state index contributed by atoms with van der Waals surface area (Å²) >= 11 is 0. The zero-order valence-electron chi connectivity index (χ0n) is 14.3. The van der Waals surface area contributed by atoms with Crippen LogP contribution in [0.5, 0.6) is 5.75 Å². The van der Waals surface area contributed by atoms with E-state index in [0.29, 0.717) is 17.0 Å². The van der Waals surface area contributed by atoms with Gasteiger partial charge in [0.1, 0.15) is 11.5 Å². The normalized spacial score (nSPS) is 10.6. The van der Waals surface area contributed by atoms with E-state index >= 15 is 0 Å². The lowest BCUT2D eigenvalue weighted by Crippen LogP contribution is -2.17. The van der Waals surface area contributed by atoms with E-state index in [4.69, 9.17) is 10.5 Å². The van der Waals surface area contributed by atoms with Crippen LogP contribution in [0.2, 0.25) is 0 Å². The van der Waals surface area contributed by atoms with Crippen molar-refractivity contribution in [1.29, 1.82) is 0 Å². The topological polar surface area (TPSA) is 105 Å². The van der Waals surface area contributed by atoms with Crippen molar-refractivity contribution >= 4 is 33.7 Å². The Hall–Kier alpha value is -3.55. The summed E-state index contributed by atoms with van der Waals surface area (Å²) in [5.74, 6) is -0.221. The van der Waals surface area contributed by atoms with Gasteiger partial charge in [0.25, 0.3) is 0 Å². The van der Waals surface area contributed by atoms with Crippen LogP contribution in [-0.4, -0.2) is 17.1 Å². The molecule has 0 atom stereocenters. The molecule has 0 fully saturated rings. The van der Waals surface area contributed by atoms with Crippen LogP contribution in [0.3, 0.4) is 0 Å². The number of benzene rings is 1. The van der Waals surface area contributed by atoms with Crippen molar-refractivity contribution in [2.24, 2.45) is 0 Å². The molecule has 0 aliphatic carbocycles. The molecular formula is C18H18FN5O2. The third kappa shape index (κ3) is 2.81. The average molecular weight is 355 g/mol. The van der Waals surface area contributed by atoms with Crippen LogP contribution in [0.4, 0.5) is 21.6 Å². The molecule has 3 rings (SSSR count). The van der Waals surface area contributed by atoms with Gasteiger partial charge in [-0.3, -0.25) is 15.6 Å². The monoisotopic (exact) mass is 355 g/mol. The first-order valence-electron chi connectivity index (χ1n) is 7.75. The van der Waals surface area contributed by atoms with Gasteiger partial charge in [-0.1, -0.05) is 12.6 Å². The summed E-state index contributed by atoms with van der Waals surface area (Å²) in [6.07, 6.45) is 3.09. The molecule has 0 aliphatic heterocycles. The number of anilines is 3. The van der Waals surface area contributed by atoms with Crippen LogP contribution in [0.25, 0.3) is 16.5 Å². The summed E-state index contributed by atoms with van der Waals surface area (Å²) in [5.41, 5.74) is 11.8. The highest BCUT2D eigenvalue weighted by Gasteiger charge is 2.22. The average Bonchev–Trinajstić information content (AvgIpc) is 2.63. The van der Waals surface area contributed by atoms with Gasteiger partial charge in [-0.2, -0.15) is 0 Å². The van der Waals surface area contributed by atoms with E-state index in [1.807, 2.05) is 0 Å². The number of pyridine rings is 2. The van der Waals surface area contributed by atoms with Gasteiger partial charge in [-0.15, -0.1) is 0 Å². The summed E-state index contributed by atoms with van der Waals surface area (Å²) < 4.78 is 20.2. The van der Waals surface area contributed by atoms with Crippen molar-refractivity contribution in [3.63, 3.8) is 0 Å². The van der Waals surface area contributed by atoms with Gasteiger partial charge in [0.05, 0.1) is 23.7 Å². The van der Waals surface area contributed by atoms with Crippen LogP contribution < -0.4 is 26.8 Å². The molecule has 2 heterocycles. The number of hydrazine groups is 1. The SMILES string of the molecule is C=C(C)c1c[nH]c2c(OC)c(NNc3ccccn3)c(F)c(N)c2c1=O. The highest BCUT2D eigenvalue weighted by molar-refractivity contribution is 6.00. The lowest BCUT2D eigenvalue weighted by atomic mass is 10.0. The maximum absolute atomic E-state index is 14.9. The molecule has 134 valence electrons. The summed E-state index contributed by atoms with van der Waals surface area (Å²) in [6.45, 7) is 5.44. The number of halogens is 1. The Morgan fingerprint density at radius 3 is 2.77 bits per heavy atom. The summed E-state index contributed by atoms with van der Waals surface area (Å²) in [7, 11) is 1.38. The molecule has 3 aromatic rings. The van der Waals surface area contributed by atoms with Gasteiger partial charge in [0.15, 0.2) is 17.0 Å². The van der Waals surface area contributed by atoms with Crippen molar-refractivity contribution in [2.45, 2.75) is 6.92 Å². The highest BCUT2D eigenvalue weighted by atomic mass is 19.1. The fourth-order valence-corrected chi connectivity index (χ4v) is 2.63. The van der Waals surface area contributed by atoms with Crippen LogP contribution in [0.1, 0.15) is 12.5 Å². The van der Waals surface area contributed by atoms with Crippen LogP contribution in [0.15, 0.2) is 42.0 Å². The first-order chi connectivity index (χ1) is 12.5. The number of hydrogen-bond donors (Lipinski definition) is 4. The number of aromatic amines is 1. The van der Waals surface area contributed by atoms with Crippen LogP contribution in [0, 0.1) is 5.82 Å². The summed E-state index contributed by atoms with van der Waals surface area (Å²) in [6, 6.07) is 5.23. The molecule has 0 unspecified atom stereocenters. The number of aromatic nitrogens is 2. The maximum atomic E-state index is 14.9. The quantitative estimate of drug-likeness (QED) is 0.414. The fourth-order valence-electron chi connectivity index (χ4n) is 2.63. The van der Waals surface area contributed by atoms with E-state index in [9.17, 15) is 9.18 Å². The summed E-state index contributed by atoms with van der Waals surface area (Å²) in [5, 5.41) is 0.0169. The van der Waals surface area contributed by atoms with E-state index in [1.54, 1.807) is 31.3 Å². The minimum atomic E-state index is -0.804. The smallest absolute Gasteiger partial charge is 0.199 e. The Morgan fingerprint density at radius 2 is 2.15 bits per heavy atom. The molecule has 0 spiro atoms. The standard InChI is InChI=1S/C18H18FN5O2/c1-9(2)10-8-22-15-12(17(10)25)14(20)13(19)16(18(15)26-3)24-23-11-6-4-5-7-21-11/h4-8,24H,1,20H2,2-3H3,(H,21,23)(H,22,25). The fraction of sp³-hybridized carbons (Fsp3) is 0.111. The first-order valence-corrected chi connectivity index (χ1v) is 7.75. The van der Waals surface area contributed by atoms with Gasteiger partial charge in [0, 0.05) is 18.0 Å². The van der Waals surface area contributed by atoms with Gasteiger partial charge < -0.3 is 15.5 Å². The zero-order chi connectivity index (χ0) is 18.8. The third-order valence-corrected chi connectivity index (χ3v) is 3.91. The predicted molar refractivity (Wildman–Crippen MR) is 102 cm³/mol. The second-order valence-electron chi connectivity index (χ2n) is 5.66. The van der Waals surface area contributed by atoms with Crippen molar-refractivity contribution in [2.75, 3.05) is 23.7 Å². The molecule has 1 aromatic carbocycles. The first kappa shape index (κ1) is 17.3. The van der Waals surface area contributed by atoms with Crippen molar-refractivity contribution in [3.8, 4) is 5.75 Å². The van der Waals surface area contributed by atoms with E-state index in [1.165, 1.54) is 13.3 Å². The predicted octanol–water partition coefficient (Wildman–Crippen LogP) is 3.13. The number of methoxy groups -OCH3 is 1. The minimum absolute atomic E-state index is 0.0169. The second kappa shape index (κ2) is 6.75. The molecule has 7 nitrogen and oxygen atoms in total. The molecule has 5 N–H and O–H groups in total. The number of nitrogens with two attached hydrogens (primary N) is 1. The number of nitrogen functional groups attached to an aromatic ring is 1. The Bertz CT molecular complexity index is 1050. The van der Waals surface area contributed by atoms with Crippen molar-refractivity contribution in [3.05, 3.63) is 58.8 Å². The minimum Gasteiger partial charge on any atom is -0.492 e. The summed E-state index contributed by atoms with van der Waals surface area (Å²) in [4.78, 5) is 19.7.